The van der Waals surface area contributed by atoms with Gasteiger partial charge in [0.1, 0.15) is 4.90 Å². The normalized spacial score (nSPS) is 14.0. The summed E-state index contributed by atoms with van der Waals surface area (Å²) in [5.74, 6) is 0.830. The van der Waals surface area contributed by atoms with Crippen molar-refractivity contribution in [3.05, 3.63) is 124 Å². The van der Waals surface area contributed by atoms with Crippen LogP contribution in [0.4, 0.5) is 15.8 Å². The number of sulfonamides is 2. The molecule has 1 amide bonds. The summed E-state index contributed by atoms with van der Waals surface area (Å²) in [6.45, 7) is 6.19. The van der Waals surface area contributed by atoms with E-state index < -0.39 is 25.9 Å². The van der Waals surface area contributed by atoms with Gasteiger partial charge in [0.2, 0.25) is 28.6 Å². The first-order chi connectivity index (χ1) is 28.1. The quantitative estimate of drug-likeness (QED) is 0.132. The topological polar surface area (TPSA) is 174 Å². The Morgan fingerprint density at radius 1 is 0.881 bits per heavy atom. The molecule has 7 rings (SSSR count). The van der Waals surface area contributed by atoms with Crippen LogP contribution in [-0.4, -0.2) is 83.6 Å². The maximum atomic E-state index is 15.2. The Morgan fingerprint density at radius 2 is 1.63 bits per heavy atom. The summed E-state index contributed by atoms with van der Waals surface area (Å²) in [5.41, 5.74) is 1.83. The van der Waals surface area contributed by atoms with Gasteiger partial charge in [0.05, 0.1) is 38.4 Å². The summed E-state index contributed by atoms with van der Waals surface area (Å²) in [6, 6.07) is 23.2. The van der Waals surface area contributed by atoms with Crippen LogP contribution in [-0.2, 0) is 31.4 Å². The zero-order valence-electron chi connectivity index (χ0n) is 31.4. The number of nitrogens with two attached hydrogens (primary N) is 1. The summed E-state index contributed by atoms with van der Waals surface area (Å²) in [7, 11) is -7.62. The van der Waals surface area contributed by atoms with Crippen molar-refractivity contribution in [1.29, 1.82) is 0 Å². The number of nitrogens with zero attached hydrogens (tertiary/aromatic N) is 4. The number of piperazine rings is 1. The lowest BCUT2D eigenvalue weighted by Crippen LogP contribution is -2.51. The van der Waals surface area contributed by atoms with E-state index in [2.05, 4.69) is 14.6 Å². The number of likely N-dealkylation sites (N-methyl/N-ethyl adjacent to an activating group) is 1. The summed E-state index contributed by atoms with van der Waals surface area (Å²) in [4.78, 5) is 23.1. The zero-order valence-corrected chi connectivity index (χ0v) is 35.3. The number of hydrogen-bond donors (Lipinski definition) is 2. The molecule has 0 aliphatic carbocycles. The molecule has 312 valence electrons. The molecule has 2 aliphatic heterocycles. The van der Waals surface area contributed by atoms with Crippen molar-refractivity contribution in [2.75, 3.05) is 55.7 Å². The fourth-order valence-electron chi connectivity index (χ4n) is 6.02. The van der Waals surface area contributed by atoms with Crippen molar-refractivity contribution in [2.24, 2.45) is 5.14 Å². The molecule has 0 unspecified atom stereocenters. The van der Waals surface area contributed by atoms with Crippen LogP contribution < -0.4 is 29.0 Å². The van der Waals surface area contributed by atoms with Crippen LogP contribution in [0.25, 0.3) is 0 Å². The van der Waals surface area contributed by atoms with E-state index in [0.29, 0.717) is 25.3 Å². The number of halogens is 4. The fraction of sp³-hybridized carbons (Fsp3) is 0.231. The van der Waals surface area contributed by atoms with Crippen LogP contribution >= 0.6 is 34.8 Å². The molecule has 2 aliphatic rings. The number of nitrogens with one attached hydrogen (secondary N) is 1. The Kier molecular flexibility index (Phi) is 14.1. The van der Waals surface area contributed by atoms with Gasteiger partial charge in [-0.1, -0.05) is 53.0 Å². The Morgan fingerprint density at radius 3 is 2.27 bits per heavy atom. The molecule has 14 nitrogen and oxygen atoms in total. The average molecular weight is 908 g/mol. The first kappa shape index (κ1) is 43.7. The predicted molar refractivity (Wildman–Crippen MR) is 223 cm³/mol. The monoisotopic (exact) mass is 906 g/mol. The van der Waals surface area contributed by atoms with Gasteiger partial charge in [-0.3, -0.25) is 14.4 Å². The molecule has 3 heterocycles. The van der Waals surface area contributed by atoms with Gasteiger partial charge in [-0.25, -0.2) is 31.3 Å². The molecular weight excluding hydrogens is 870 g/mol. The van der Waals surface area contributed by atoms with E-state index in [9.17, 15) is 21.6 Å². The van der Waals surface area contributed by atoms with Gasteiger partial charge in [0.15, 0.2) is 23.1 Å². The lowest BCUT2D eigenvalue weighted by atomic mass is 10.1. The van der Waals surface area contributed by atoms with Gasteiger partial charge < -0.3 is 24.0 Å². The van der Waals surface area contributed by atoms with E-state index in [1.807, 2.05) is 30.0 Å². The standard InChI is InChI=1S/C33H32Cl2FN5O6S.C6H6ClNO2S/c1-2-40(20-33(42)41-13-11-39(12-14-41)19-22-3-8-30-31(15-22)46-21-45-30)24-5-9-29(28(36)16-24)47-32-10-4-23(18-37-32)38-48(43,44)25-6-7-26(34)27(35)17-25;7-5-3-1-2-4-6(5)11(8,9)10/h3-10,15-18,38H,2,11-14,19-21H2,1H3;1-4H,(H2,8,9,10). The van der Waals surface area contributed by atoms with Gasteiger partial charge >= 0.3 is 0 Å². The minimum atomic E-state index is -3.95. The number of amides is 1. The molecule has 1 fully saturated rings. The van der Waals surface area contributed by atoms with E-state index in [4.69, 9.17) is 54.2 Å². The molecule has 20 heteroatoms. The number of ether oxygens (including phenoxy) is 3. The maximum Gasteiger partial charge on any atom is 0.261 e. The number of hydrogen-bond acceptors (Lipinski definition) is 11. The van der Waals surface area contributed by atoms with E-state index >= 15 is 4.39 Å². The first-order valence-corrected chi connectivity index (χ1v) is 22.1. The molecule has 0 bridgehead atoms. The van der Waals surface area contributed by atoms with Crippen molar-refractivity contribution in [3.8, 4) is 23.1 Å². The average Bonchev–Trinajstić information content (AvgIpc) is 3.68. The minimum absolute atomic E-state index is 0.0283. The van der Waals surface area contributed by atoms with Gasteiger partial charge in [0.25, 0.3) is 10.0 Å². The van der Waals surface area contributed by atoms with Crippen molar-refractivity contribution in [3.63, 3.8) is 0 Å². The van der Waals surface area contributed by atoms with E-state index in [-0.39, 0.29) is 61.4 Å². The SMILES string of the molecule is CCN(CC(=O)N1CCN(Cc2ccc3c(c2)OCO3)CC1)c1ccc(Oc2ccc(NS(=O)(=O)c3ccc(Cl)c(Cl)c3)cn2)c(F)c1.NS(=O)(=O)c1ccccc1Cl. The first-order valence-electron chi connectivity index (χ1n) is 17.9. The number of benzene rings is 4. The van der Waals surface area contributed by atoms with Gasteiger partial charge in [-0.15, -0.1) is 0 Å². The number of aromatic nitrogens is 1. The lowest BCUT2D eigenvalue weighted by Gasteiger charge is -2.36. The van der Waals surface area contributed by atoms with Crippen molar-refractivity contribution in [2.45, 2.75) is 23.3 Å². The third kappa shape index (κ3) is 11.4. The second-order valence-corrected chi connectivity index (χ2v) is 17.6. The van der Waals surface area contributed by atoms with Crippen LogP contribution in [0.15, 0.2) is 107 Å². The molecule has 59 heavy (non-hydrogen) atoms. The van der Waals surface area contributed by atoms with E-state index in [1.165, 1.54) is 60.8 Å². The molecule has 0 radical (unpaired) electrons. The Hall–Kier alpha value is -4.88. The molecule has 1 saturated heterocycles. The maximum absolute atomic E-state index is 15.2. The molecule has 0 spiro atoms. The zero-order chi connectivity index (χ0) is 42.3. The predicted octanol–water partition coefficient (Wildman–Crippen LogP) is 7.01. The summed E-state index contributed by atoms with van der Waals surface area (Å²) in [5, 5.41) is 5.33. The van der Waals surface area contributed by atoms with E-state index in [1.54, 1.807) is 23.1 Å². The molecule has 3 N–H and O–H groups in total. The number of carbonyl (C=O) groups is 1. The highest BCUT2D eigenvalue weighted by molar-refractivity contribution is 7.92. The Balaban J connectivity index is 0.000000461. The van der Waals surface area contributed by atoms with Gasteiger partial charge in [-0.2, -0.15) is 0 Å². The van der Waals surface area contributed by atoms with Gasteiger partial charge in [-0.05, 0) is 73.2 Å². The highest BCUT2D eigenvalue weighted by atomic mass is 35.5. The highest BCUT2D eigenvalue weighted by Crippen LogP contribution is 2.33. The Bertz CT molecular complexity index is 2530. The minimum Gasteiger partial charge on any atom is -0.454 e. The van der Waals surface area contributed by atoms with E-state index in [0.717, 1.165) is 36.7 Å². The number of carbonyl (C=O) groups excluding carboxylic acids is 1. The largest absolute Gasteiger partial charge is 0.454 e. The number of pyridine rings is 1. The fourth-order valence-corrected chi connectivity index (χ4v) is 8.52. The molecule has 5 aromatic rings. The van der Waals surface area contributed by atoms with Crippen molar-refractivity contribution in [1.82, 2.24) is 14.8 Å². The van der Waals surface area contributed by atoms with Crippen molar-refractivity contribution < 1.29 is 40.2 Å². The van der Waals surface area contributed by atoms with Gasteiger partial charge in [0, 0.05) is 57.1 Å². The molecule has 4 aromatic carbocycles. The Labute approximate surface area is 356 Å². The summed E-state index contributed by atoms with van der Waals surface area (Å²) in [6.07, 6.45) is 1.25. The molecule has 0 saturated carbocycles. The summed E-state index contributed by atoms with van der Waals surface area (Å²) < 4.78 is 80.9. The number of anilines is 2. The molecule has 0 atom stereocenters. The van der Waals surface area contributed by atoms with Crippen LogP contribution in [0, 0.1) is 5.82 Å². The lowest BCUT2D eigenvalue weighted by molar-refractivity contribution is -0.131. The third-order valence-electron chi connectivity index (χ3n) is 9.10. The number of rotatable bonds is 12. The number of fused-ring (bicyclic) bond motifs is 1. The van der Waals surface area contributed by atoms with Crippen LogP contribution in [0.1, 0.15) is 12.5 Å². The molecule has 1 aromatic heterocycles. The van der Waals surface area contributed by atoms with Crippen LogP contribution in [0.2, 0.25) is 15.1 Å². The highest BCUT2D eigenvalue weighted by Gasteiger charge is 2.24. The van der Waals surface area contributed by atoms with Crippen LogP contribution in [0.5, 0.6) is 23.1 Å². The smallest absolute Gasteiger partial charge is 0.261 e. The van der Waals surface area contributed by atoms with Crippen molar-refractivity contribution >= 4 is 72.1 Å². The van der Waals surface area contributed by atoms with Crippen LogP contribution in [0.3, 0.4) is 0 Å². The summed E-state index contributed by atoms with van der Waals surface area (Å²) >= 11 is 17.4. The second kappa shape index (κ2) is 19.0. The number of primary sulfonamides is 1. The molecular formula is C39H38Cl3FN6O8S2. The third-order valence-corrected chi connectivity index (χ3v) is 12.6. The second-order valence-electron chi connectivity index (χ2n) is 13.1.